The third kappa shape index (κ3) is 1.54. The molecule has 0 heterocycles. The molecule has 7 nitrogen and oxygen atoms in total. The largest absolute Gasteiger partial charge is 0.477 e. The van der Waals surface area contributed by atoms with E-state index >= 15 is 0 Å². The number of hydrogen-bond donors (Lipinski definition) is 6. The normalized spacial score (nSPS) is 15.8. The molecule has 72 valence electrons. The van der Waals surface area contributed by atoms with Crippen molar-refractivity contribution in [2.45, 2.75) is 24.6 Å². The Kier molecular flexibility index (Phi) is 2.78. The van der Waals surface area contributed by atoms with Crippen LogP contribution in [0.3, 0.4) is 0 Å². The lowest BCUT2D eigenvalue weighted by atomic mass is 10.0. The molecule has 12 heavy (non-hydrogen) atoms. The van der Waals surface area contributed by atoms with E-state index in [9.17, 15) is 4.79 Å². The highest BCUT2D eigenvalue weighted by molar-refractivity contribution is 5.76. The second-order valence-corrected chi connectivity index (χ2v) is 2.38. The van der Waals surface area contributed by atoms with Crippen molar-refractivity contribution in [1.29, 1.82) is 0 Å². The monoisotopic (exact) mass is 182 g/mol. The Balaban J connectivity index is 4.88. The average molecular weight is 182 g/mol. The van der Waals surface area contributed by atoms with E-state index in [1.807, 2.05) is 0 Å². The van der Waals surface area contributed by atoms with Crippen molar-refractivity contribution < 1.29 is 35.4 Å². The van der Waals surface area contributed by atoms with E-state index in [2.05, 4.69) is 0 Å². The summed E-state index contributed by atoms with van der Waals surface area (Å²) in [6.45, 7) is 0.796. The van der Waals surface area contributed by atoms with E-state index in [0.29, 0.717) is 0 Å². The van der Waals surface area contributed by atoms with Gasteiger partial charge in [-0.25, -0.2) is 4.79 Å². The minimum atomic E-state index is -3.80. The van der Waals surface area contributed by atoms with Gasteiger partial charge in [-0.1, -0.05) is 0 Å². The van der Waals surface area contributed by atoms with E-state index < -0.39 is 23.6 Å². The summed E-state index contributed by atoms with van der Waals surface area (Å²) in [5.74, 6) is -9.59. The van der Waals surface area contributed by atoms with Gasteiger partial charge in [0.05, 0.1) is 0 Å². The first kappa shape index (κ1) is 11.3. The molecule has 0 aromatic carbocycles. The van der Waals surface area contributed by atoms with Gasteiger partial charge in [-0.05, 0) is 6.92 Å². The van der Waals surface area contributed by atoms with Gasteiger partial charge in [-0.15, -0.1) is 0 Å². The van der Waals surface area contributed by atoms with Gasteiger partial charge in [0.1, 0.15) is 6.10 Å². The first-order valence-electron chi connectivity index (χ1n) is 2.95. The lowest BCUT2D eigenvalue weighted by Gasteiger charge is -2.33. The van der Waals surface area contributed by atoms with Crippen LogP contribution in [0.5, 0.6) is 0 Å². The number of aliphatic carboxylic acids is 1. The quantitative estimate of drug-likeness (QED) is 0.253. The van der Waals surface area contributed by atoms with E-state index in [0.717, 1.165) is 6.92 Å². The van der Waals surface area contributed by atoms with Crippen LogP contribution in [-0.4, -0.2) is 54.3 Å². The molecule has 0 fully saturated rings. The summed E-state index contributed by atoms with van der Waals surface area (Å²) in [4.78, 5) is 10.0. The third-order valence-corrected chi connectivity index (χ3v) is 1.39. The summed E-state index contributed by atoms with van der Waals surface area (Å²) in [7, 11) is 0. The number of hydrogen-bond acceptors (Lipinski definition) is 6. The maximum absolute atomic E-state index is 10.0. The summed E-state index contributed by atoms with van der Waals surface area (Å²) in [6.07, 6.45) is -2.02. The van der Waals surface area contributed by atoms with Gasteiger partial charge in [-0.3, -0.25) is 0 Å². The van der Waals surface area contributed by atoms with Gasteiger partial charge in [0, 0.05) is 0 Å². The molecule has 0 bridgehead atoms. The lowest BCUT2D eigenvalue weighted by molar-refractivity contribution is -0.368. The predicted molar refractivity (Wildman–Crippen MR) is 33.7 cm³/mol. The van der Waals surface area contributed by atoms with Gasteiger partial charge in [0.25, 0.3) is 5.79 Å². The molecular formula is C5H10O7. The zero-order chi connectivity index (χ0) is 10.2. The molecule has 7 heteroatoms. The number of carbonyl (C=O) groups is 1. The molecule has 0 aliphatic heterocycles. The van der Waals surface area contributed by atoms with Crippen molar-refractivity contribution in [2.75, 3.05) is 0 Å². The van der Waals surface area contributed by atoms with Crippen LogP contribution in [0.25, 0.3) is 0 Å². The van der Waals surface area contributed by atoms with Crippen LogP contribution in [0.2, 0.25) is 0 Å². The Morgan fingerprint density at radius 3 is 1.67 bits per heavy atom. The van der Waals surface area contributed by atoms with Crippen molar-refractivity contribution in [3.8, 4) is 0 Å². The smallest absolute Gasteiger partial charge is 0.370 e. The number of carboxylic acid groups (broad SMARTS) is 1. The minimum Gasteiger partial charge on any atom is -0.477 e. The fraction of sp³-hybridized carbons (Fsp3) is 0.800. The first-order valence-corrected chi connectivity index (χ1v) is 2.95. The van der Waals surface area contributed by atoms with Crippen molar-refractivity contribution >= 4 is 5.97 Å². The summed E-state index contributed by atoms with van der Waals surface area (Å²) in [6, 6.07) is 0. The van der Waals surface area contributed by atoms with Crippen LogP contribution in [-0.2, 0) is 4.79 Å². The second kappa shape index (κ2) is 2.96. The topological polar surface area (TPSA) is 138 Å². The van der Waals surface area contributed by atoms with Crippen LogP contribution in [0.15, 0.2) is 0 Å². The molecule has 0 rings (SSSR count). The lowest BCUT2D eigenvalue weighted by Crippen LogP contribution is -2.64. The van der Waals surface area contributed by atoms with Crippen molar-refractivity contribution in [3.05, 3.63) is 0 Å². The fourth-order valence-electron chi connectivity index (χ4n) is 0.449. The minimum absolute atomic E-state index is 0.796. The molecule has 0 amide bonds. The molecule has 0 aliphatic rings. The highest BCUT2D eigenvalue weighted by Crippen LogP contribution is 2.20. The summed E-state index contributed by atoms with van der Waals surface area (Å²) < 4.78 is 0. The van der Waals surface area contributed by atoms with Gasteiger partial charge in [0.15, 0.2) is 0 Å². The zero-order valence-corrected chi connectivity index (χ0v) is 6.17. The highest BCUT2D eigenvalue weighted by atomic mass is 16.6. The summed E-state index contributed by atoms with van der Waals surface area (Å²) in [5, 5.41) is 51.3. The van der Waals surface area contributed by atoms with E-state index in [-0.39, 0.29) is 0 Å². The highest BCUT2D eigenvalue weighted by Gasteiger charge is 2.57. The van der Waals surface area contributed by atoms with E-state index in [4.69, 9.17) is 30.6 Å². The molecule has 0 saturated carbocycles. The third-order valence-electron chi connectivity index (χ3n) is 1.39. The van der Waals surface area contributed by atoms with Gasteiger partial charge < -0.3 is 30.6 Å². The molecule has 0 aromatic heterocycles. The van der Waals surface area contributed by atoms with E-state index in [1.54, 1.807) is 0 Å². The number of aliphatic hydroxyl groups excluding tert-OH is 1. The number of rotatable bonds is 3. The van der Waals surface area contributed by atoms with Gasteiger partial charge >= 0.3 is 11.8 Å². The Morgan fingerprint density at radius 1 is 1.25 bits per heavy atom. The average Bonchev–Trinajstić information content (AvgIpc) is 1.86. The Hall–Kier alpha value is -0.730. The van der Waals surface area contributed by atoms with E-state index in [1.165, 1.54) is 0 Å². The van der Waals surface area contributed by atoms with Gasteiger partial charge in [-0.2, -0.15) is 0 Å². The molecule has 6 N–H and O–H groups in total. The molecule has 0 aliphatic carbocycles. The zero-order valence-electron chi connectivity index (χ0n) is 6.17. The van der Waals surface area contributed by atoms with Crippen LogP contribution in [0.1, 0.15) is 6.92 Å². The number of carboxylic acids is 1. The van der Waals surface area contributed by atoms with Crippen LogP contribution >= 0.6 is 0 Å². The molecule has 0 aromatic rings. The maximum Gasteiger partial charge on any atom is 0.370 e. The SMILES string of the molecule is CC(O)C(O)(O)C(O)(O)C(=O)O. The fourth-order valence-corrected chi connectivity index (χ4v) is 0.449. The van der Waals surface area contributed by atoms with Crippen molar-refractivity contribution in [3.63, 3.8) is 0 Å². The Labute approximate surface area is 67.1 Å². The standard InChI is InChI=1S/C5H10O7/c1-2(6)4(9,10)5(11,12)3(7)8/h2,6,9-12H,1H3,(H,7,8). The van der Waals surface area contributed by atoms with Crippen molar-refractivity contribution in [1.82, 2.24) is 0 Å². The molecule has 0 spiro atoms. The Bertz CT molecular complexity index is 182. The molecule has 1 unspecified atom stereocenters. The van der Waals surface area contributed by atoms with Gasteiger partial charge in [0.2, 0.25) is 0 Å². The Morgan fingerprint density at radius 2 is 1.58 bits per heavy atom. The second-order valence-electron chi connectivity index (χ2n) is 2.38. The first-order chi connectivity index (χ1) is 5.14. The molecular weight excluding hydrogens is 172 g/mol. The maximum atomic E-state index is 10.0. The molecule has 0 radical (unpaired) electrons. The predicted octanol–water partition coefficient (Wildman–Crippen LogP) is -3.19. The summed E-state index contributed by atoms with van der Waals surface area (Å²) in [5.41, 5.74) is 0. The van der Waals surface area contributed by atoms with Crippen LogP contribution in [0, 0.1) is 0 Å². The van der Waals surface area contributed by atoms with Crippen molar-refractivity contribution in [2.24, 2.45) is 0 Å². The van der Waals surface area contributed by atoms with Crippen LogP contribution in [0.4, 0.5) is 0 Å². The summed E-state index contributed by atoms with van der Waals surface area (Å²) >= 11 is 0. The molecule has 1 atom stereocenters. The molecule has 0 saturated heterocycles. The van der Waals surface area contributed by atoms with Crippen LogP contribution < -0.4 is 0 Å². The number of aliphatic hydroxyl groups is 5.